The Morgan fingerprint density at radius 3 is 2.44 bits per heavy atom. The second-order valence-corrected chi connectivity index (χ2v) is 5.01. The van der Waals surface area contributed by atoms with Gasteiger partial charge in [0.25, 0.3) is 0 Å². The number of carbonyl (C=O) groups is 1. The largest absolute Gasteiger partial charge is 0.299 e. The number of aryl methyl sites for hydroxylation is 2. The van der Waals surface area contributed by atoms with Crippen LogP contribution in [0.3, 0.4) is 0 Å². The average molecular weight is 236 g/mol. The lowest BCUT2D eigenvalue weighted by atomic mass is 9.78. The minimum Gasteiger partial charge on any atom is -0.299 e. The van der Waals surface area contributed by atoms with E-state index in [0.29, 0.717) is 12.2 Å². The fraction of sp³-hybridized carbons (Fsp3) is 0.235. The van der Waals surface area contributed by atoms with Crippen molar-refractivity contribution in [1.82, 2.24) is 0 Å². The summed E-state index contributed by atoms with van der Waals surface area (Å²) in [5, 5.41) is 0. The van der Waals surface area contributed by atoms with Crippen molar-refractivity contribution in [2.45, 2.75) is 25.7 Å². The molecule has 1 aliphatic carbocycles. The van der Waals surface area contributed by atoms with Crippen LogP contribution in [0.4, 0.5) is 0 Å². The van der Waals surface area contributed by atoms with E-state index >= 15 is 0 Å². The van der Waals surface area contributed by atoms with E-state index in [2.05, 4.69) is 49.4 Å². The Morgan fingerprint density at radius 2 is 1.67 bits per heavy atom. The Hall–Kier alpha value is -1.89. The lowest BCUT2D eigenvalue weighted by Crippen LogP contribution is -2.21. The van der Waals surface area contributed by atoms with Crippen LogP contribution < -0.4 is 0 Å². The third-order valence-electron chi connectivity index (χ3n) is 3.74. The van der Waals surface area contributed by atoms with Crippen molar-refractivity contribution in [3.8, 4) is 0 Å². The molecule has 1 aliphatic rings. The first-order valence-electron chi connectivity index (χ1n) is 6.43. The standard InChI is InChI=1S/C17H16O/c1-12-6-8-14(9-7-12)17-15-5-3-2-4-13(15)10-11-16(17)18/h2-9,17H,10-11H2,1H3. The molecule has 3 rings (SSSR count). The Morgan fingerprint density at radius 1 is 0.944 bits per heavy atom. The van der Waals surface area contributed by atoms with E-state index in [-0.39, 0.29) is 5.92 Å². The van der Waals surface area contributed by atoms with Crippen molar-refractivity contribution in [1.29, 1.82) is 0 Å². The van der Waals surface area contributed by atoms with Gasteiger partial charge in [-0.3, -0.25) is 4.79 Å². The van der Waals surface area contributed by atoms with Crippen molar-refractivity contribution in [3.63, 3.8) is 0 Å². The van der Waals surface area contributed by atoms with Crippen LogP contribution in [0.15, 0.2) is 48.5 Å². The number of ketones is 1. The summed E-state index contributed by atoms with van der Waals surface area (Å²) in [6.07, 6.45) is 1.55. The van der Waals surface area contributed by atoms with E-state index in [1.54, 1.807) is 0 Å². The topological polar surface area (TPSA) is 17.1 Å². The molecule has 0 radical (unpaired) electrons. The fourth-order valence-corrected chi connectivity index (χ4v) is 2.74. The quantitative estimate of drug-likeness (QED) is 0.738. The number of fused-ring (bicyclic) bond motifs is 1. The summed E-state index contributed by atoms with van der Waals surface area (Å²) in [5.41, 5.74) is 4.87. The van der Waals surface area contributed by atoms with Gasteiger partial charge in [0.05, 0.1) is 5.92 Å². The minimum atomic E-state index is -0.0597. The highest BCUT2D eigenvalue weighted by Gasteiger charge is 2.28. The van der Waals surface area contributed by atoms with Gasteiger partial charge in [-0.1, -0.05) is 54.1 Å². The molecule has 1 atom stereocenters. The first kappa shape index (κ1) is 11.2. The molecule has 2 aromatic rings. The van der Waals surface area contributed by atoms with Crippen LogP contribution in [0.2, 0.25) is 0 Å². The number of rotatable bonds is 1. The molecule has 0 heterocycles. The van der Waals surface area contributed by atoms with E-state index in [1.165, 1.54) is 16.7 Å². The summed E-state index contributed by atoms with van der Waals surface area (Å²) in [6, 6.07) is 16.7. The molecular formula is C17H16O. The van der Waals surface area contributed by atoms with Gasteiger partial charge in [-0.15, -0.1) is 0 Å². The molecule has 0 fully saturated rings. The van der Waals surface area contributed by atoms with E-state index in [0.717, 1.165) is 12.0 Å². The third-order valence-corrected chi connectivity index (χ3v) is 3.74. The molecule has 90 valence electrons. The molecule has 1 heteroatoms. The van der Waals surface area contributed by atoms with E-state index in [4.69, 9.17) is 0 Å². The third kappa shape index (κ3) is 1.86. The summed E-state index contributed by atoms with van der Waals surface area (Å²) in [6.45, 7) is 2.07. The summed E-state index contributed by atoms with van der Waals surface area (Å²) >= 11 is 0. The number of carbonyl (C=O) groups excluding carboxylic acids is 1. The second kappa shape index (κ2) is 4.41. The van der Waals surface area contributed by atoms with Crippen molar-refractivity contribution in [3.05, 3.63) is 70.8 Å². The zero-order valence-corrected chi connectivity index (χ0v) is 10.5. The smallest absolute Gasteiger partial charge is 0.145 e. The van der Waals surface area contributed by atoms with Crippen LogP contribution in [0, 0.1) is 6.92 Å². The molecule has 2 aromatic carbocycles. The minimum absolute atomic E-state index is 0.0597. The van der Waals surface area contributed by atoms with Gasteiger partial charge >= 0.3 is 0 Å². The van der Waals surface area contributed by atoms with Crippen LogP contribution in [-0.2, 0) is 11.2 Å². The fourth-order valence-electron chi connectivity index (χ4n) is 2.74. The molecule has 0 N–H and O–H groups in total. The van der Waals surface area contributed by atoms with Crippen molar-refractivity contribution < 1.29 is 4.79 Å². The van der Waals surface area contributed by atoms with E-state index in [1.807, 2.05) is 6.07 Å². The summed E-state index contributed by atoms with van der Waals surface area (Å²) in [4.78, 5) is 12.2. The van der Waals surface area contributed by atoms with Gasteiger partial charge in [0.15, 0.2) is 0 Å². The molecule has 0 amide bonds. The normalized spacial score (nSPS) is 18.5. The molecule has 0 spiro atoms. The Bertz CT molecular complexity index is 581. The lowest BCUT2D eigenvalue weighted by Gasteiger charge is -2.24. The predicted molar refractivity (Wildman–Crippen MR) is 72.8 cm³/mol. The van der Waals surface area contributed by atoms with Gasteiger partial charge in [-0.05, 0) is 30.0 Å². The number of benzene rings is 2. The predicted octanol–water partition coefficient (Wildman–Crippen LogP) is 3.64. The molecule has 0 saturated heterocycles. The van der Waals surface area contributed by atoms with Gasteiger partial charge in [-0.2, -0.15) is 0 Å². The monoisotopic (exact) mass is 236 g/mol. The number of hydrogen-bond acceptors (Lipinski definition) is 1. The first-order chi connectivity index (χ1) is 8.75. The van der Waals surface area contributed by atoms with Crippen LogP contribution in [0.5, 0.6) is 0 Å². The Kier molecular flexibility index (Phi) is 2.75. The van der Waals surface area contributed by atoms with Crippen molar-refractivity contribution in [2.24, 2.45) is 0 Å². The molecule has 18 heavy (non-hydrogen) atoms. The number of Topliss-reactive ketones (excluding diaryl/α,β-unsaturated/α-hetero) is 1. The van der Waals surface area contributed by atoms with Gasteiger partial charge in [0.1, 0.15) is 5.78 Å². The highest BCUT2D eigenvalue weighted by molar-refractivity contribution is 5.91. The lowest BCUT2D eigenvalue weighted by molar-refractivity contribution is -0.120. The molecule has 1 unspecified atom stereocenters. The summed E-state index contributed by atoms with van der Waals surface area (Å²) in [7, 11) is 0. The van der Waals surface area contributed by atoms with Crippen LogP contribution in [0.1, 0.15) is 34.6 Å². The van der Waals surface area contributed by atoms with Gasteiger partial charge in [0, 0.05) is 6.42 Å². The SMILES string of the molecule is Cc1ccc(C2C(=O)CCc3ccccc32)cc1. The van der Waals surface area contributed by atoms with Crippen molar-refractivity contribution >= 4 is 5.78 Å². The van der Waals surface area contributed by atoms with Gasteiger partial charge in [0.2, 0.25) is 0 Å². The maximum Gasteiger partial charge on any atom is 0.145 e. The van der Waals surface area contributed by atoms with Crippen LogP contribution in [-0.4, -0.2) is 5.78 Å². The van der Waals surface area contributed by atoms with Gasteiger partial charge in [-0.25, -0.2) is 0 Å². The van der Waals surface area contributed by atoms with Crippen molar-refractivity contribution in [2.75, 3.05) is 0 Å². The zero-order valence-electron chi connectivity index (χ0n) is 10.5. The average Bonchev–Trinajstić information content (AvgIpc) is 2.40. The Balaban J connectivity index is 2.10. The van der Waals surface area contributed by atoms with Crippen LogP contribution in [0.25, 0.3) is 0 Å². The first-order valence-corrected chi connectivity index (χ1v) is 6.43. The van der Waals surface area contributed by atoms with Crippen LogP contribution >= 0.6 is 0 Å². The molecule has 0 aromatic heterocycles. The summed E-state index contributed by atoms with van der Waals surface area (Å²) in [5.74, 6) is 0.285. The summed E-state index contributed by atoms with van der Waals surface area (Å²) < 4.78 is 0. The highest BCUT2D eigenvalue weighted by Crippen LogP contribution is 2.34. The maximum atomic E-state index is 12.2. The molecule has 1 nitrogen and oxygen atoms in total. The van der Waals surface area contributed by atoms with Gasteiger partial charge < -0.3 is 0 Å². The Labute approximate surface area is 107 Å². The molecule has 0 aliphatic heterocycles. The molecule has 0 saturated carbocycles. The second-order valence-electron chi connectivity index (χ2n) is 5.01. The molecular weight excluding hydrogens is 220 g/mol. The molecule has 0 bridgehead atoms. The van der Waals surface area contributed by atoms with E-state index < -0.39 is 0 Å². The van der Waals surface area contributed by atoms with E-state index in [9.17, 15) is 4.79 Å². The zero-order chi connectivity index (χ0) is 12.5. The highest BCUT2D eigenvalue weighted by atomic mass is 16.1. The number of hydrogen-bond donors (Lipinski definition) is 0. The maximum absolute atomic E-state index is 12.2.